The molecule has 0 saturated heterocycles. The lowest BCUT2D eigenvalue weighted by atomic mass is 10.1. The lowest BCUT2D eigenvalue weighted by Crippen LogP contribution is -2.09. The van der Waals surface area contributed by atoms with Crippen molar-refractivity contribution in [3.63, 3.8) is 0 Å². The number of pyridine rings is 1. The van der Waals surface area contributed by atoms with Gasteiger partial charge in [-0.05, 0) is 24.1 Å². The van der Waals surface area contributed by atoms with Gasteiger partial charge in [-0.15, -0.1) is 0 Å². The van der Waals surface area contributed by atoms with Crippen molar-refractivity contribution in [2.75, 3.05) is 0 Å². The zero-order valence-corrected chi connectivity index (χ0v) is 6.77. The van der Waals surface area contributed by atoms with E-state index in [9.17, 15) is 0 Å². The van der Waals surface area contributed by atoms with Crippen molar-refractivity contribution in [3.8, 4) is 6.07 Å². The average Bonchev–Trinajstić information content (AvgIpc) is 2.15. The van der Waals surface area contributed by atoms with E-state index in [1.807, 2.05) is 12.1 Å². The Hall–Kier alpha value is -1.40. The van der Waals surface area contributed by atoms with Crippen LogP contribution in [0, 0.1) is 11.3 Å². The smallest absolute Gasteiger partial charge is 0.0622 e. The molecule has 0 spiro atoms. The van der Waals surface area contributed by atoms with E-state index >= 15 is 0 Å². The molecule has 1 atom stereocenters. The van der Waals surface area contributed by atoms with Gasteiger partial charge < -0.3 is 5.73 Å². The molecule has 0 aliphatic heterocycles. The summed E-state index contributed by atoms with van der Waals surface area (Å²) in [5, 5.41) is 8.34. The number of aromatic nitrogens is 1. The van der Waals surface area contributed by atoms with Gasteiger partial charge in [-0.3, -0.25) is 4.98 Å². The Kier molecular flexibility index (Phi) is 3.24. The summed E-state index contributed by atoms with van der Waals surface area (Å²) in [5.74, 6) is 0. The van der Waals surface area contributed by atoms with Gasteiger partial charge in [0.1, 0.15) is 0 Å². The number of nitrogens with zero attached hydrogens (tertiary/aromatic N) is 2. The molecule has 0 aliphatic rings. The van der Waals surface area contributed by atoms with E-state index in [-0.39, 0.29) is 6.04 Å². The molecule has 2 N–H and O–H groups in total. The third-order valence-corrected chi connectivity index (χ3v) is 1.70. The van der Waals surface area contributed by atoms with Crippen LogP contribution >= 0.6 is 0 Å². The molecule has 1 rings (SSSR count). The molecule has 0 fully saturated rings. The van der Waals surface area contributed by atoms with Gasteiger partial charge in [-0.2, -0.15) is 5.26 Å². The molecule has 0 saturated carbocycles. The number of nitriles is 1. The van der Waals surface area contributed by atoms with E-state index in [1.165, 1.54) is 0 Å². The summed E-state index contributed by atoms with van der Waals surface area (Å²) in [5.41, 5.74) is 6.84. The fourth-order valence-corrected chi connectivity index (χ4v) is 0.997. The van der Waals surface area contributed by atoms with Crippen LogP contribution in [0.25, 0.3) is 0 Å². The SMILES string of the molecule is N#CCCC(N)c1ccncc1. The highest BCUT2D eigenvalue weighted by Gasteiger charge is 2.03. The average molecular weight is 161 g/mol. The van der Waals surface area contributed by atoms with Crippen molar-refractivity contribution in [2.45, 2.75) is 18.9 Å². The number of nitrogens with two attached hydrogens (primary N) is 1. The molecule has 0 radical (unpaired) electrons. The second-order valence-electron chi connectivity index (χ2n) is 2.58. The van der Waals surface area contributed by atoms with E-state index in [0.29, 0.717) is 12.8 Å². The van der Waals surface area contributed by atoms with Gasteiger partial charge in [0.15, 0.2) is 0 Å². The van der Waals surface area contributed by atoms with Gasteiger partial charge in [0.05, 0.1) is 6.07 Å². The molecule has 0 bridgehead atoms. The summed E-state index contributed by atoms with van der Waals surface area (Å²) < 4.78 is 0. The molecular weight excluding hydrogens is 150 g/mol. The van der Waals surface area contributed by atoms with E-state index in [2.05, 4.69) is 11.1 Å². The van der Waals surface area contributed by atoms with Crippen molar-refractivity contribution in [2.24, 2.45) is 5.73 Å². The van der Waals surface area contributed by atoms with E-state index < -0.39 is 0 Å². The monoisotopic (exact) mass is 161 g/mol. The number of rotatable bonds is 3. The molecule has 1 aromatic heterocycles. The lowest BCUT2D eigenvalue weighted by Gasteiger charge is -2.08. The molecule has 0 aliphatic carbocycles. The standard InChI is InChI=1S/C9H11N3/c10-5-1-2-9(11)8-3-6-12-7-4-8/h3-4,6-7,9H,1-2,11H2. The molecule has 12 heavy (non-hydrogen) atoms. The zero-order valence-electron chi connectivity index (χ0n) is 6.77. The predicted molar refractivity (Wildman–Crippen MR) is 46.0 cm³/mol. The molecule has 1 aromatic rings. The van der Waals surface area contributed by atoms with Crippen LogP contribution in [-0.2, 0) is 0 Å². The van der Waals surface area contributed by atoms with Crippen molar-refractivity contribution in [3.05, 3.63) is 30.1 Å². The van der Waals surface area contributed by atoms with Gasteiger partial charge in [0.2, 0.25) is 0 Å². The summed E-state index contributed by atoms with van der Waals surface area (Å²) in [6, 6.07) is 5.79. The van der Waals surface area contributed by atoms with Crippen LogP contribution in [0.15, 0.2) is 24.5 Å². The first-order valence-electron chi connectivity index (χ1n) is 3.87. The summed E-state index contributed by atoms with van der Waals surface area (Å²) in [6.45, 7) is 0. The van der Waals surface area contributed by atoms with E-state index in [0.717, 1.165) is 5.56 Å². The largest absolute Gasteiger partial charge is 0.324 e. The minimum Gasteiger partial charge on any atom is -0.324 e. The van der Waals surface area contributed by atoms with E-state index in [4.69, 9.17) is 11.0 Å². The molecular formula is C9H11N3. The fourth-order valence-electron chi connectivity index (χ4n) is 0.997. The van der Waals surface area contributed by atoms with Gasteiger partial charge >= 0.3 is 0 Å². The van der Waals surface area contributed by atoms with Crippen molar-refractivity contribution < 1.29 is 0 Å². The van der Waals surface area contributed by atoms with Gasteiger partial charge in [-0.1, -0.05) is 0 Å². The van der Waals surface area contributed by atoms with Crippen LogP contribution in [0.2, 0.25) is 0 Å². The van der Waals surface area contributed by atoms with Gasteiger partial charge in [-0.25, -0.2) is 0 Å². The maximum atomic E-state index is 8.34. The maximum absolute atomic E-state index is 8.34. The summed E-state index contributed by atoms with van der Waals surface area (Å²) in [6.07, 6.45) is 4.63. The Balaban J connectivity index is 2.55. The van der Waals surface area contributed by atoms with Crippen LogP contribution in [-0.4, -0.2) is 4.98 Å². The second-order valence-corrected chi connectivity index (χ2v) is 2.58. The zero-order chi connectivity index (χ0) is 8.81. The van der Waals surface area contributed by atoms with Crippen molar-refractivity contribution in [1.82, 2.24) is 4.98 Å². The van der Waals surface area contributed by atoms with Crippen molar-refractivity contribution >= 4 is 0 Å². The highest BCUT2D eigenvalue weighted by Crippen LogP contribution is 2.13. The predicted octanol–water partition coefficient (Wildman–Crippen LogP) is 1.39. The maximum Gasteiger partial charge on any atom is 0.0622 e. The third kappa shape index (κ3) is 2.33. The minimum absolute atomic E-state index is 0.0346. The highest BCUT2D eigenvalue weighted by atomic mass is 14.6. The van der Waals surface area contributed by atoms with Crippen LogP contribution in [0.5, 0.6) is 0 Å². The van der Waals surface area contributed by atoms with Crippen molar-refractivity contribution in [1.29, 1.82) is 5.26 Å². The van der Waals surface area contributed by atoms with Crippen LogP contribution in [0.3, 0.4) is 0 Å². The van der Waals surface area contributed by atoms with Gasteiger partial charge in [0.25, 0.3) is 0 Å². The fraction of sp³-hybridized carbons (Fsp3) is 0.333. The summed E-state index contributed by atoms with van der Waals surface area (Å²) in [7, 11) is 0. The Morgan fingerprint density at radius 2 is 2.17 bits per heavy atom. The Morgan fingerprint density at radius 1 is 1.50 bits per heavy atom. The molecule has 1 heterocycles. The second kappa shape index (κ2) is 4.47. The first kappa shape index (κ1) is 8.69. The molecule has 62 valence electrons. The molecule has 3 heteroatoms. The van der Waals surface area contributed by atoms with Crippen LogP contribution in [0.4, 0.5) is 0 Å². The molecule has 1 unspecified atom stereocenters. The Morgan fingerprint density at radius 3 is 2.75 bits per heavy atom. The number of hydrogen-bond acceptors (Lipinski definition) is 3. The Bertz CT molecular complexity index is 263. The summed E-state index contributed by atoms with van der Waals surface area (Å²) in [4.78, 5) is 3.89. The normalized spacial score (nSPS) is 12.0. The van der Waals surface area contributed by atoms with E-state index in [1.54, 1.807) is 12.4 Å². The molecule has 0 aromatic carbocycles. The highest BCUT2D eigenvalue weighted by molar-refractivity contribution is 5.14. The van der Waals surface area contributed by atoms with Crippen LogP contribution < -0.4 is 5.73 Å². The first-order chi connectivity index (χ1) is 5.84. The summed E-state index contributed by atoms with van der Waals surface area (Å²) >= 11 is 0. The molecule has 0 amide bonds. The van der Waals surface area contributed by atoms with Gasteiger partial charge in [0, 0.05) is 24.9 Å². The molecule has 3 nitrogen and oxygen atoms in total. The third-order valence-electron chi connectivity index (χ3n) is 1.70. The van der Waals surface area contributed by atoms with Crippen LogP contribution in [0.1, 0.15) is 24.4 Å². The lowest BCUT2D eigenvalue weighted by molar-refractivity contribution is 0.664. The quantitative estimate of drug-likeness (QED) is 0.728. The first-order valence-corrected chi connectivity index (χ1v) is 3.87. The minimum atomic E-state index is -0.0346. The topological polar surface area (TPSA) is 62.7 Å². The Labute approximate surface area is 71.8 Å². The number of hydrogen-bond donors (Lipinski definition) is 1.